The van der Waals surface area contributed by atoms with Gasteiger partial charge in [-0.25, -0.2) is 4.98 Å². The molecule has 4 aromatic rings. The number of fused-ring (bicyclic) bond motifs is 1. The van der Waals surface area contributed by atoms with Gasteiger partial charge >= 0.3 is 0 Å². The Kier molecular flexibility index (Phi) is 5.33. The molecule has 2 N–H and O–H groups in total. The lowest BCUT2D eigenvalue weighted by molar-refractivity contribution is 0.0994. The molecule has 2 aromatic carbocycles. The van der Waals surface area contributed by atoms with E-state index in [2.05, 4.69) is 26.1 Å². The Bertz CT molecular complexity index is 1240. The number of nitrogens with zero attached hydrogens (tertiary/aromatic N) is 3. The van der Waals surface area contributed by atoms with Gasteiger partial charge < -0.3 is 14.6 Å². The van der Waals surface area contributed by atoms with E-state index in [1.807, 2.05) is 56.7 Å². The molecule has 0 radical (unpaired) electrons. The zero-order valence-electron chi connectivity index (χ0n) is 18.2. The molecule has 1 aliphatic rings. The molecule has 5 rings (SSSR count). The molecule has 7 nitrogen and oxygen atoms in total. The van der Waals surface area contributed by atoms with E-state index in [0.717, 1.165) is 63.7 Å². The van der Waals surface area contributed by atoms with Crippen molar-refractivity contribution in [2.75, 3.05) is 27.2 Å². The van der Waals surface area contributed by atoms with Crippen LogP contribution in [0.25, 0.3) is 33.9 Å². The number of hydrogen-bond acceptors (Lipinski definition) is 5. The summed E-state index contributed by atoms with van der Waals surface area (Å²) in [5.41, 5.74) is 6.56. The fourth-order valence-electron chi connectivity index (χ4n) is 3.97. The molecule has 0 spiro atoms. The largest absolute Gasteiger partial charge is 0.492 e. The Balaban J connectivity index is 1.48. The number of Topliss-reactive ketones (excluding diaryl/α,β-unsaturated/α-hetero) is 1. The lowest BCUT2D eigenvalue weighted by atomic mass is 10.0. The molecular formula is C25H25N5O2. The van der Waals surface area contributed by atoms with Gasteiger partial charge in [-0.3, -0.25) is 9.89 Å². The second-order valence-electron chi connectivity index (χ2n) is 8.27. The Morgan fingerprint density at radius 3 is 2.59 bits per heavy atom. The summed E-state index contributed by atoms with van der Waals surface area (Å²) in [6, 6.07) is 14.0. The van der Waals surface area contributed by atoms with Crippen LogP contribution in [0.5, 0.6) is 5.75 Å². The smallest absolute Gasteiger partial charge is 0.163 e. The van der Waals surface area contributed by atoms with Crippen molar-refractivity contribution < 1.29 is 9.53 Å². The van der Waals surface area contributed by atoms with Gasteiger partial charge in [-0.05, 0) is 56.4 Å². The summed E-state index contributed by atoms with van der Waals surface area (Å²) < 4.78 is 5.80. The highest BCUT2D eigenvalue weighted by molar-refractivity contribution is 6.01. The SMILES string of the molecule is CN(C)CCOc1ccc(-c2nc(-c3cn[nH]c3)c(-c3ccc4c(c3)CCC4=O)[nH]2)cc1. The summed E-state index contributed by atoms with van der Waals surface area (Å²) in [4.78, 5) is 22.5. The highest BCUT2D eigenvalue weighted by Crippen LogP contribution is 2.35. The van der Waals surface area contributed by atoms with Gasteiger partial charge in [0.2, 0.25) is 0 Å². The fraction of sp³-hybridized carbons (Fsp3) is 0.240. The van der Waals surface area contributed by atoms with E-state index in [4.69, 9.17) is 9.72 Å². The molecule has 162 valence electrons. The van der Waals surface area contributed by atoms with E-state index < -0.39 is 0 Å². The Hall–Kier alpha value is -3.71. The number of ketones is 1. The van der Waals surface area contributed by atoms with Crippen LogP contribution in [0.15, 0.2) is 54.9 Å². The topological polar surface area (TPSA) is 86.9 Å². The number of likely N-dealkylation sites (N-methyl/N-ethyl adjacent to an activating group) is 1. The van der Waals surface area contributed by atoms with Gasteiger partial charge in [0, 0.05) is 41.4 Å². The second-order valence-corrected chi connectivity index (χ2v) is 8.27. The minimum absolute atomic E-state index is 0.222. The van der Waals surface area contributed by atoms with Crippen molar-refractivity contribution in [1.29, 1.82) is 0 Å². The first-order valence-corrected chi connectivity index (χ1v) is 10.7. The van der Waals surface area contributed by atoms with Crippen LogP contribution < -0.4 is 4.74 Å². The van der Waals surface area contributed by atoms with Gasteiger partial charge in [0.1, 0.15) is 18.2 Å². The quantitative estimate of drug-likeness (QED) is 0.462. The predicted octanol–water partition coefficient (Wildman–Crippen LogP) is 4.20. The number of aromatic amines is 2. The summed E-state index contributed by atoms with van der Waals surface area (Å²) in [7, 11) is 4.05. The third kappa shape index (κ3) is 3.94. The van der Waals surface area contributed by atoms with Gasteiger partial charge in [-0.1, -0.05) is 12.1 Å². The average Bonchev–Trinajstić information content (AvgIpc) is 3.54. The molecule has 0 amide bonds. The zero-order chi connectivity index (χ0) is 22.1. The third-order valence-electron chi connectivity index (χ3n) is 5.73. The standard InChI is InChI=1S/C25H25N5O2/c1-30(2)11-12-32-20-7-3-16(4-8-20)25-28-23(24(29-25)19-14-26-27-15-19)18-5-9-21-17(13-18)6-10-22(21)31/h3-5,7-9,13-15H,6,10-12H2,1-2H3,(H,26,27)(H,28,29). The maximum atomic E-state index is 12.0. The molecule has 2 aromatic heterocycles. The highest BCUT2D eigenvalue weighted by atomic mass is 16.5. The van der Waals surface area contributed by atoms with Crippen molar-refractivity contribution >= 4 is 5.78 Å². The summed E-state index contributed by atoms with van der Waals surface area (Å²) in [5.74, 6) is 1.83. The fourth-order valence-corrected chi connectivity index (χ4v) is 3.97. The van der Waals surface area contributed by atoms with E-state index in [1.54, 1.807) is 6.20 Å². The third-order valence-corrected chi connectivity index (χ3v) is 5.73. The minimum Gasteiger partial charge on any atom is -0.492 e. The second kappa shape index (κ2) is 8.43. The molecule has 0 fully saturated rings. The van der Waals surface area contributed by atoms with Gasteiger partial charge in [-0.2, -0.15) is 5.10 Å². The minimum atomic E-state index is 0.222. The monoisotopic (exact) mass is 427 g/mol. The van der Waals surface area contributed by atoms with Crippen LogP contribution in [0.3, 0.4) is 0 Å². The van der Waals surface area contributed by atoms with E-state index in [0.29, 0.717) is 13.0 Å². The zero-order valence-corrected chi connectivity index (χ0v) is 18.2. The first-order valence-electron chi connectivity index (χ1n) is 10.7. The van der Waals surface area contributed by atoms with Crippen LogP contribution in [0.4, 0.5) is 0 Å². The van der Waals surface area contributed by atoms with Crippen LogP contribution >= 0.6 is 0 Å². The Labute approximate surface area is 186 Å². The molecule has 0 aliphatic heterocycles. The van der Waals surface area contributed by atoms with Crippen molar-refractivity contribution in [2.24, 2.45) is 0 Å². The number of carbonyl (C=O) groups is 1. The molecule has 0 saturated heterocycles. The van der Waals surface area contributed by atoms with Crippen LogP contribution in [0.1, 0.15) is 22.3 Å². The summed E-state index contributed by atoms with van der Waals surface area (Å²) in [5, 5.41) is 6.96. The maximum Gasteiger partial charge on any atom is 0.163 e. The number of ether oxygens (including phenoxy) is 1. The number of hydrogen-bond donors (Lipinski definition) is 2. The first kappa shape index (κ1) is 20.2. The number of H-pyrrole nitrogens is 2. The van der Waals surface area contributed by atoms with E-state index in [9.17, 15) is 4.79 Å². The number of benzene rings is 2. The van der Waals surface area contributed by atoms with Gasteiger partial charge in [-0.15, -0.1) is 0 Å². The molecular weight excluding hydrogens is 402 g/mol. The highest BCUT2D eigenvalue weighted by Gasteiger charge is 2.22. The van der Waals surface area contributed by atoms with Crippen molar-refractivity contribution in [2.45, 2.75) is 12.8 Å². The molecule has 0 saturated carbocycles. The summed E-state index contributed by atoms with van der Waals surface area (Å²) in [6.45, 7) is 1.51. The van der Waals surface area contributed by atoms with Crippen LogP contribution in [0.2, 0.25) is 0 Å². The van der Waals surface area contributed by atoms with Crippen molar-refractivity contribution in [3.63, 3.8) is 0 Å². The first-order chi connectivity index (χ1) is 15.6. The number of carbonyl (C=O) groups excluding carboxylic acids is 1. The molecule has 0 bridgehead atoms. The lowest BCUT2D eigenvalue weighted by Gasteiger charge is -2.11. The van der Waals surface area contributed by atoms with Gasteiger partial charge in [0.05, 0.1) is 17.6 Å². The number of nitrogens with one attached hydrogen (secondary N) is 2. The molecule has 2 heterocycles. The van der Waals surface area contributed by atoms with E-state index in [1.165, 1.54) is 0 Å². The Morgan fingerprint density at radius 1 is 1.03 bits per heavy atom. The Morgan fingerprint density at radius 2 is 1.84 bits per heavy atom. The van der Waals surface area contributed by atoms with Gasteiger partial charge in [0.15, 0.2) is 5.78 Å². The van der Waals surface area contributed by atoms with E-state index >= 15 is 0 Å². The predicted molar refractivity (Wildman–Crippen MR) is 124 cm³/mol. The number of rotatable bonds is 7. The van der Waals surface area contributed by atoms with Crippen LogP contribution in [-0.2, 0) is 6.42 Å². The summed E-state index contributed by atoms with van der Waals surface area (Å²) in [6.07, 6.45) is 4.98. The number of imidazole rings is 1. The van der Waals surface area contributed by atoms with Crippen LogP contribution in [0, 0.1) is 0 Å². The molecule has 0 atom stereocenters. The normalized spacial score (nSPS) is 13.0. The van der Waals surface area contributed by atoms with Crippen molar-refractivity contribution in [3.05, 3.63) is 66.0 Å². The van der Waals surface area contributed by atoms with Crippen molar-refractivity contribution in [3.8, 4) is 39.7 Å². The maximum absolute atomic E-state index is 12.0. The number of aromatic nitrogens is 4. The van der Waals surface area contributed by atoms with Crippen LogP contribution in [-0.4, -0.2) is 58.1 Å². The van der Waals surface area contributed by atoms with Crippen molar-refractivity contribution in [1.82, 2.24) is 25.1 Å². The van der Waals surface area contributed by atoms with Gasteiger partial charge in [0.25, 0.3) is 0 Å². The lowest BCUT2D eigenvalue weighted by Crippen LogP contribution is -2.19. The molecule has 1 aliphatic carbocycles. The molecule has 0 unspecified atom stereocenters. The summed E-state index contributed by atoms with van der Waals surface area (Å²) >= 11 is 0. The van der Waals surface area contributed by atoms with E-state index in [-0.39, 0.29) is 5.78 Å². The molecule has 7 heteroatoms. The average molecular weight is 428 g/mol. The number of aryl methyl sites for hydroxylation is 1. The molecule has 32 heavy (non-hydrogen) atoms.